The normalized spacial score (nSPS) is 12.9. The van der Waals surface area contributed by atoms with Crippen LogP contribution in [-0.2, 0) is 6.42 Å². The lowest BCUT2D eigenvalue weighted by Crippen LogP contribution is -2.32. The van der Waals surface area contributed by atoms with Crippen LogP contribution >= 0.6 is 0 Å². The Bertz CT molecular complexity index is 537. The highest BCUT2D eigenvalue weighted by molar-refractivity contribution is 5.46. The number of nitrogens with one attached hydrogen (secondary N) is 1. The second kappa shape index (κ2) is 5.88. The van der Waals surface area contributed by atoms with Crippen molar-refractivity contribution in [1.29, 1.82) is 0 Å². The predicted octanol–water partition coefficient (Wildman–Crippen LogP) is 1.62. The first kappa shape index (κ1) is 13.6. The van der Waals surface area contributed by atoms with Crippen LogP contribution in [0.5, 0.6) is 0 Å². The van der Waals surface area contributed by atoms with Crippen LogP contribution in [-0.4, -0.2) is 33.2 Å². The van der Waals surface area contributed by atoms with E-state index in [4.69, 9.17) is 4.52 Å². The van der Waals surface area contributed by atoms with E-state index in [1.807, 2.05) is 14.0 Å². The van der Waals surface area contributed by atoms with Gasteiger partial charge >= 0.3 is 0 Å². The third-order valence-electron chi connectivity index (χ3n) is 3.04. The van der Waals surface area contributed by atoms with Gasteiger partial charge in [0.15, 0.2) is 0 Å². The molecule has 19 heavy (non-hydrogen) atoms. The second-order valence-corrected chi connectivity index (χ2v) is 4.84. The van der Waals surface area contributed by atoms with Gasteiger partial charge in [0.2, 0.25) is 11.7 Å². The molecule has 1 atom stereocenters. The molecule has 0 aliphatic carbocycles. The lowest BCUT2D eigenvalue weighted by atomic mass is 10.0. The van der Waals surface area contributed by atoms with Gasteiger partial charge in [-0.2, -0.15) is 4.98 Å². The largest absolute Gasteiger partial charge is 0.339 e. The van der Waals surface area contributed by atoms with Gasteiger partial charge in [-0.1, -0.05) is 19.0 Å². The summed E-state index contributed by atoms with van der Waals surface area (Å²) in [6.45, 7) is 6.15. The van der Waals surface area contributed by atoms with E-state index in [9.17, 15) is 0 Å². The van der Waals surface area contributed by atoms with E-state index < -0.39 is 0 Å². The van der Waals surface area contributed by atoms with E-state index >= 15 is 0 Å². The first-order valence-corrected chi connectivity index (χ1v) is 6.40. The molecule has 0 spiro atoms. The second-order valence-electron chi connectivity index (χ2n) is 4.84. The van der Waals surface area contributed by atoms with Crippen molar-refractivity contribution < 1.29 is 4.52 Å². The van der Waals surface area contributed by atoms with E-state index in [1.165, 1.54) is 0 Å². The molecule has 0 saturated carbocycles. The van der Waals surface area contributed by atoms with Crippen LogP contribution in [0.1, 0.15) is 25.6 Å². The molecule has 6 heteroatoms. The van der Waals surface area contributed by atoms with Gasteiger partial charge in [0.1, 0.15) is 11.5 Å². The van der Waals surface area contributed by atoms with E-state index in [-0.39, 0.29) is 0 Å². The highest BCUT2D eigenvalue weighted by Crippen LogP contribution is 2.14. The van der Waals surface area contributed by atoms with Gasteiger partial charge in [0.05, 0.1) is 0 Å². The molecule has 0 aliphatic heterocycles. The fraction of sp³-hybridized carbons (Fsp3) is 0.538. The molecular weight excluding hydrogens is 242 g/mol. The summed E-state index contributed by atoms with van der Waals surface area (Å²) in [5.74, 6) is 2.33. The Kier molecular flexibility index (Phi) is 4.21. The fourth-order valence-electron chi connectivity index (χ4n) is 1.88. The SMILES string of the molecule is CNC(Cc1nc(-c2ccnc(C)n2)no1)C(C)C. The van der Waals surface area contributed by atoms with Gasteiger partial charge in [-0.15, -0.1) is 0 Å². The lowest BCUT2D eigenvalue weighted by molar-refractivity contribution is 0.335. The minimum atomic E-state index is 0.320. The summed E-state index contributed by atoms with van der Waals surface area (Å²) in [6.07, 6.45) is 2.41. The zero-order valence-electron chi connectivity index (χ0n) is 11.7. The van der Waals surface area contributed by atoms with Crippen LogP contribution in [0.3, 0.4) is 0 Å². The van der Waals surface area contributed by atoms with Gasteiger partial charge in [-0.05, 0) is 26.0 Å². The Labute approximate surface area is 112 Å². The zero-order valence-corrected chi connectivity index (χ0v) is 11.7. The minimum Gasteiger partial charge on any atom is -0.339 e. The summed E-state index contributed by atoms with van der Waals surface area (Å²) in [5.41, 5.74) is 0.688. The Hall–Kier alpha value is -1.82. The average Bonchev–Trinajstić information content (AvgIpc) is 2.84. The Morgan fingerprint density at radius 1 is 1.32 bits per heavy atom. The number of rotatable bonds is 5. The molecule has 0 saturated heterocycles. The summed E-state index contributed by atoms with van der Waals surface area (Å²) in [7, 11) is 1.94. The highest BCUT2D eigenvalue weighted by Gasteiger charge is 2.17. The van der Waals surface area contributed by atoms with Crippen LogP contribution in [0.4, 0.5) is 0 Å². The standard InChI is InChI=1S/C13H19N5O/c1-8(2)11(14-4)7-12-17-13(18-19-12)10-5-6-15-9(3)16-10/h5-6,8,11,14H,7H2,1-4H3. The first-order chi connectivity index (χ1) is 9.10. The van der Waals surface area contributed by atoms with Gasteiger partial charge in [-0.3, -0.25) is 0 Å². The molecule has 0 radical (unpaired) electrons. The number of aromatic nitrogens is 4. The number of hydrogen-bond donors (Lipinski definition) is 1. The van der Waals surface area contributed by atoms with Gasteiger partial charge < -0.3 is 9.84 Å². The van der Waals surface area contributed by atoms with Crippen LogP contribution in [0, 0.1) is 12.8 Å². The zero-order chi connectivity index (χ0) is 13.8. The Morgan fingerprint density at radius 3 is 2.74 bits per heavy atom. The third kappa shape index (κ3) is 3.35. The molecule has 0 amide bonds. The number of aryl methyl sites for hydroxylation is 1. The molecule has 2 rings (SSSR count). The van der Waals surface area contributed by atoms with E-state index in [0.717, 1.165) is 0 Å². The minimum absolute atomic E-state index is 0.320. The van der Waals surface area contributed by atoms with Crippen LogP contribution in [0.15, 0.2) is 16.8 Å². The smallest absolute Gasteiger partial charge is 0.228 e. The van der Waals surface area contributed by atoms with Gasteiger partial charge in [0, 0.05) is 18.7 Å². The molecule has 1 unspecified atom stereocenters. The van der Waals surface area contributed by atoms with Crippen molar-refractivity contribution in [1.82, 2.24) is 25.4 Å². The van der Waals surface area contributed by atoms with Crippen LogP contribution in [0.25, 0.3) is 11.5 Å². The number of nitrogens with zero attached hydrogens (tertiary/aromatic N) is 4. The maximum absolute atomic E-state index is 5.28. The van der Waals surface area contributed by atoms with E-state index in [0.29, 0.717) is 41.6 Å². The molecule has 2 aromatic heterocycles. The van der Waals surface area contributed by atoms with Crippen molar-refractivity contribution in [3.8, 4) is 11.5 Å². The van der Waals surface area contributed by atoms with E-state index in [1.54, 1.807) is 12.3 Å². The average molecular weight is 261 g/mol. The summed E-state index contributed by atoms with van der Waals surface area (Å²) in [4.78, 5) is 12.7. The first-order valence-electron chi connectivity index (χ1n) is 6.40. The topological polar surface area (TPSA) is 76.7 Å². The maximum atomic E-state index is 5.28. The third-order valence-corrected chi connectivity index (χ3v) is 3.04. The molecular formula is C13H19N5O. The summed E-state index contributed by atoms with van der Waals surface area (Å²) in [5, 5.41) is 7.22. The van der Waals surface area contributed by atoms with E-state index in [2.05, 4.69) is 39.3 Å². The Morgan fingerprint density at radius 2 is 2.11 bits per heavy atom. The molecule has 6 nitrogen and oxygen atoms in total. The van der Waals surface area contributed by atoms with Crippen LogP contribution < -0.4 is 5.32 Å². The van der Waals surface area contributed by atoms with Crippen molar-refractivity contribution >= 4 is 0 Å². The van der Waals surface area contributed by atoms with Crippen molar-refractivity contribution in [2.75, 3.05) is 7.05 Å². The Balaban J connectivity index is 2.15. The molecule has 1 N–H and O–H groups in total. The molecule has 0 fully saturated rings. The van der Waals surface area contributed by atoms with Crippen molar-refractivity contribution in [3.63, 3.8) is 0 Å². The van der Waals surface area contributed by atoms with Gasteiger partial charge in [0.25, 0.3) is 0 Å². The van der Waals surface area contributed by atoms with Gasteiger partial charge in [-0.25, -0.2) is 9.97 Å². The van der Waals surface area contributed by atoms with Crippen molar-refractivity contribution in [2.45, 2.75) is 33.2 Å². The number of hydrogen-bond acceptors (Lipinski definition) is 6. The molecule has 2 heterocycles. The summed E-state index contributed by atoms with van der Waals surface area (Å²) < 4.78 is 5.28. The molecule has 102 valence electrons. The molecule has 0 bridgehead atoms. The monoisotopic (exact) mass is 261 g/mol. The van der Waals surface area contributed by atoms with Crippen molar-refractivity contribution in [2.24, 2.45) is 5.92 Å². The molecule has 0 aliphatic rings. The van der Waals surface area contributed by atoms with Crippen molar-refractivity contribution in [3.05, 3.63) is 24.0 Å². The predicted molar refractivity (Wildman–Crippen MR) is 71.5 cm³/mol. The maximum Gasteiger partial charge on any atom is 0.228 e. The summed E-state index contributed by atoms with van der Waals surface area (Å²) in [6, 6.07) is 2.10. The number of likely N-dealkylation sites (N-methyl/N-ethyl adjacent to an activating group) is 1. The van der Waals surface area contributed by atoms with Crippen LogP contribution in [0.2, 0.25) is 0 Å². The molecule has 0 aromatic carbocycles. The summed E-state index contributed by atoms with van der Waals surface area (Å²) >= 11 is 0. The quantitative estimate of drug-likeness (QED) is 0.881. The molecule has 2 aromatic rings. The highest BCUT2D eigenvalue weighted by atomic mass is 16.5. The lowest BCUT2D eigenvalue weighted by Gasteiger charge is -2.17. The fourth-order valence-corrected chi connectivity index (χ4v) is 1.88.